The second kappa shape index (κ2) is 7.27. The van der Waals surface area contributed by atoms with Crippen molar-refractivity contribution in [1.29, 1.82) is 0 Å². The summed E-state index contributed by atoms with van der Waals surface area (Å²) < 4.78 is 0. The van der Waals surface area contributed by atoms with Gasteiger partial charge in [0, 0.05) is 16.6 Å². The van der Waals surface area contributed by atoms with Crippen LogP contribution in [0, 0.1) is 0 Å². The molecular formula is C12H17NS. The first-order valence-electron chi connectivity index (χ1n) is 4.63. The van der Waals surface area contributed by atoms with E-state index < -0.39 is 0 Å². The molecule has 0 aliphatic heterocycles. The minimum atomic E-state index is 0.802. The van der Waals surface area contributed by atoms with Crippen LogP contribution in [0.4, 0.5) is 0 Å². The minimum Gasteiger partial charge on any atom is -0.254 e. The van der Waals surface area contributed by atoms with Gasteiger partial charge in [0.1, 0.15) is 0 Å². The third kappa shape index (κ3) is 4.19. The van der Waals surface area contributed by atoms with Crippen molar-refractivity contribution in [2.24, 2.45) is 4.99 Å². The smallest absolute Gasteiger partial charge is 0.0707 e. The maximum absolute atomic E-state index is 4.25. The molecule has 0 amide bonds. The first-order chi connectivity index (χ1) is 6.74. The molecule has 0 atom stereocenters. The highest BCUT2D eigenvalue weighted by molar-refractivity contribution is 7.08. The second-order valence-corrected chi connectivity index (χ2v) is 3.23. The highest BCUT2D eigenvalue weighted by atomic mass is 32.1. The lowest BCUT2D eigenvalue weighted by Crippen LogP contribution is -1.93. The maximum Gasteiger partial charge on any atom is 0.0707 e. The Morgan fingerprint density at radius 2 is 2.14 bits per heavy atom. The standard InChI is InChI=1S/C10H11NS.C2H6/c1-4-10(11-8(2)3)9-5-6-12-7-9;1-2/h4-7H,1-2H2,3H3;1-2H3. The Kier molecular flexibility index (Phi) is 6.68. The lowest BCUT2D eigenvalue weighted by atomic mass is 10.2. The Balaban J connectivity index is 0.000000791. The van der Waals surface area contributed by atoms with Crippen molar-refractivity contribution < 1.29 is 0 Å². The van der Waals surface area contributed by atoms with Crippen LogP contribution in [0.25, 0.3) is 0 Å². The SMILES string of the molecule is C=CC(=NC(=C)C)c1ccsc1.CC. The molecule has 0 N–H and O–H groups in total. The average molecular weight is 207 g/mol. The number of hydrogen-bond acceptors (Lipinski definition) is 2. The van der Waals surface area contributed by atoms with Gasteiger partial charge in [-0.3, -0.25) is 4.99 Å². The summed E-state index contributed by atoms with van der Waals surface area (Å²) in [5.74, 6) is 0. The van der Waals surface area contributed by atoms with Crippen LogP contribution in [0.3, 0.4) is 0 Å². The molecule has 0 radical (unpaired) electrons. The molecular weight excluding hydrogens is 190 g/mol. The Labute approximate surface area is 90.5 Å². The molecule has 76 valence electrons. The maximum atomic E-state index is 4.25. The number of allylic oxidation sites excluding steroid dienone is 2. The molecule has 0 saturated heterocycles. The van der Waals surface area contributed by atoms with Gasteiger partial charge in [-0.15, -0.1) is 0 Å². The quantitative estimate of drug-likeness (QED) is 0.656. The summed E-state index contributed by atoms with van der Waals surface area (Å²) in [7, 11) is 0. The van der Waals surface area contributed by atoms with Gasteiger partial charge >= 0.3 is 0 Å². The lowest BCUT2D eigenvalue weighted by Gasteiger charge is -1.96. The summed E-state index contributed by atoms with van der Waals surface area (Å²) in [6.07, 6.45) is 1.75. The Hall–Kier alpha value is -1.15. The third-order valence-electron chi connectivity index (χ3n) is 1.32. The molecule has 0 spiro atoms. The predicted molar refractivity (Wildman–Crippen MR) is 67.2 cm³/mol. The van der Waals surface area contributed by atoms with Crippen LogP contribution in [0.1, 0.15) is 26.3 Å². The molecule has 0 aliphatic carbocycles. The van der Waals surface area contributed by atoms with Crippen LogP contribution in [0.5, 0.6) is 0 Å². The van der Waals surface area contributed by atoms with Crippen molar-refractivity contribution in [2.75, 3.05) is 0 Å². The predicted octanol–water partition coefficient (Wildman–Crippen LogP) is 4.28. The lowest BCUT2D eigenvalue weighted by molar-refractivity contribution is 1.33. The molecule has 1 nitrogen and oxygen atoms in total. The highest BCUT2D eigenvalue weighted by Crippen LogP contribution is 2.09. The Bertz CT molecular complexity index is 307. The van der Waals surface area contributed by atoms with Crippen molar-refractivity contribution in [3.8, 4) is 0 Å². The van der Waals surface area contributed by atoms with Crippen LogP contribution >= 0.6 is 11.3 Å². The van der Waals surface area contributed by atoms with Crippen molar-refractivity contribution in [3.63, 3.8) is 0 Å². The van der Waals surface area contributed by atoms with E-state index in [9.17, 15) is 0 Å². The van der Waals surface area contributed by atoms with Gasteiger partial charge < -0.3 is 0 Å². The largest absolute Gasteiger partial charge is 0.254 e. The zero-order valence-corrected chi connectivity index (χ0v) is 9.90. The van der Waals surface area contributed by atoms with Gasteiger partial charge in [0.2, 0.25) is 0 Å². The monoisotopic (exact) mass is 207 g/mol. The van der Waals surface area contributed by atoms with E-state index in [2.05, 4.69) is 18.2 Å². The van der Waals surface area contributed by atoms with Crippen molar-refractivity contribution >= 4 is 17.0 Å². The summed E-state index contributed by atoms with van der Waals surface area (Å²) in [4.78, 5) is 4.25. The molecule has 0 aliphatic rings. The summed E-state index contributed by atoms with van der Waals surface area (Å²) in [5.41, 5.74) is 2.80. The van der Waals surface area contributed by atoms with Gasteiger partial charge in [-0.05, 0) is 24.4 Å². The number of aliphatic imine (C=N–C) groups is 1. The van der Waals surface area contributed by atoms with Gasteiger partial charge in [-0.2, -0.15) is 11.3 Å². The minimum absolute atomic E-state index is 0.802. The van der Waals surface area contributed by atoms with E-state index in [0.717, 1.165) is 17.0 Å². The van der Waals surface area contributed by atoms with E-state index in [4.69, 9.17) is 0 Å². The van der Waals surface area contributed by atoms with E-state index in [-0.39, 0.29) is 0 Å². The van der Waals surface area contributed by atoms with Gasteiger partial charge in [-0.1, -0.05) is 27.0 Å². The van der Waals surface area contributed by atoms with Crippen LogP contribution < -0.4 is 0 Å². The fraction of sp³-hybridized carbons (Fsp3) is 0.250. The summed E-state index contributed by atoms with van der Waals surface area (Å²) in [5, 5.41) is 4.07. The fourth-order valence-electron chi connectivity index (χ4n) is 0.844. The molecule has 14 heavy (non-hydrogen) atoms. The Morgan fingerprint density at radius 1 is 1.50 bits per heavy atom. The van der Waals surface area contributed by atoms with E-state index in [1.54, 1.807) is 17.4 Å². The number of rotatable bonds is 3. The van der Waals surface area contributed by atoms with E-state index >= 15 is 0 Å². The van der Waals surface area contributed by atoms with Gasteiger partial charge in [0.25, 0.3) is 0 Å². The summed E-state index contributed by atoms with van der Waals surface area (Å²) >= 11 is 1.65. The molecule has 1 aromatic heterocycles. The van der Waals surface area contributed by atoms with Crippen LogP contribution in [0.2, 0.25) is 0 Å². The molecule has 1 heterocycles. The van der Waals surface area contributed by atoms with Crippen molar-refractivity contribution in [1.82, 2.24) is 0 Å². The molecule has 0 saturated carbocycles. The van der Waals surface area contributed by atoms with E-state index in [1.165, 1.54) is 0 Å². The molecule has 0 aromatic carbocycles. The van der Waals surface area contributed by atoms with Gasteiger partial charge in [-0.25, -0.2) is 0 Å². The molecule has 1 aromatic rings. The molecule has 1 rings (SSSR count). The molecule has 0 unspecified atom stereocenters. The van der Waals surface area contributed by atoms with E-state index in [0.29, 0.717) is 0 Å². The van der Waals surface area contributed by atoms with Crippen LogP contribution in [-0.4, -0.2) is 5.71 Å². The first-order valence-corrected chi connectivity index (χ1v) is 5.57. The topological polar surface area (TPSA) is 12.4 Å². The highest BCUT2D eigenvalue weighted by Gasteiger charge is 1.97. The van der Waals surface area contributed by atoms with E-state index in [1.807, 2.05) is 37.6 Å². The fourth-order valence-corrected chi connectivity index (χ4v) is 1.49. The van der Waals surface area contributed by atoms with Crippen molar-refractivity contribution in [3.05, 3.63) is 47.3 Å². The zero-order chi connectivity index (χ0) is 11.0. The normalized spacial score (nSPS) is 10.1. The van der Waals surface area contributed by atoms with Crippen LogP contribution in [0.15, 0.2) is 46.7 Å². The second-order valence-electron chi connectivity index (χ2n) is 2.45. The van der Waals surface area contributed by atoms with Crippen molar-refractivity contribution in [2.45, 2.75) is 20.8 Å². The number of nitrogens with zero attached hydrogens (tertiary/aromatic N) is 1. The molecule has 0 fully saturated rings. The number of hydrogen-bond donors (Lipinski definition) is 0. The van der Waals surface area contributed by atoms with Gasteiger partial charge in [0.15, 0.2) is 0 Å². The first kappa shape index (κ1) is 12.8. The third-order valence-corrected chi connectivity index (χ3v) is 2.00. The molecule has 0 bridgehead atoms. The Morgan fingerprint density at radius 3 is 2.50 bits per heavy atom. The average Bonchev–Trinajstić information content (AvgIpc) is 2.70. The molecule has 2 heteroatoms. The summed E-state index contributed by atoms with van der Waals surface area (Å²) in [6.45, 7) is 13.3. The van der Waals surface area contributed by atoms with Crippen LogP contribution in [-0.2, 0) is 0 Å². The summed E-state index contributed by atoms with van der Waals surface area (Å²) in [6, 6.07) is 2.02. The van der Waals surface area contributed by atoms with Gasteiger partial charge in [0.05, 0.1) is 5.71 Å². The zero-order valence-electron chi connectivity index (χ0n) is 9.08. The number of thiophene rings is 1.